The Bertz CT molecular complexity index is 471. The van der Waals surface area contributed by atoms with Gasteiger partial charge in [0.15, 0.2) is 0 Å². The molecule has 104 valence electrons. The van der Waals surface area contributed by atoms with E-state index in [1.807, 2.05) is 6.92 Å². The van der Waals surface area contributed by atoms with Crippen LogP contribution in [0.15, 0.2) is 5.38 Å². The molecule has 2 aliphatic carbocycles. The molecule has 2 aliphatic rings. The lowest BCUT2D eigenvalue weighted by atomic mass is 9.84. The van der Waals surface area contributed by atoms with Gasteiger partial charge in [-0.3, -0.25) is 4.79 Å². The second-order valence-corrected chi connectivity index (χ2v) is 6.90. The molecule has 19 heavy (non-hydrogen) atoms. The number of amides is 1. The molecule has 2 saturated carbocycles. The largest absolute Gasteiger partial charge is 0.355 e. The van der Waals surface area contributed by atoms with E-state index in [1.165, 1.54) is 12.8 Å². The van der Waals surface area contributed by atoms with Crippen LogP contribution in [0, 0.1) is 24.7 Å². The van der Waals surface area contributed by atoms with Gasteiger partial charge in [-0.1, -0.05) is 0 Å². The molecule has 0 aliphatic heterocycles. The van der Waals surface area contributed by atoms with Gasteiger partial charge < -0.3 is 11.1 Å². The quantitative estimate of drug-likeness (QED) is 0.877. The highest BCUT2D eigenvalue weighted by atomic mass is 32.1. The topological polar surface area (TPSA) is 68.0 Å². The highest BCUT2D eigenvalue weighted by Crippen LogP contribution is 2.47. The lowest BCUT2D eigenvalue weighted by molar-refractivity contribution is -0.127. The van der Waals surface area contributed by atoms with Gasteiger partial charge in [-0.2, -0.15) is 0 Å². The summed E-state index contributed by atoms with van der Waals surface area (Å²) < 4.78 is 0. The number of rotatable bonds is 4. The number of nitrogens with one attached hydrogen (secondary N) is 1. The van der Waals surface area contributed by atoms with Crippen LogP contribution >= 0.6 is 11.3 Å². The van der Waals surface area contributed by atoms with E-state index in [0.29, 0.717) is 18.4 Å². The second kappa shape index (κ2) is 5.21. The van der Waals surface area contributed by atoms with Gasteiger partial charge in [-0.05, 0) is 38.0 Å². The average molecular weight is 279 g/mol. The zero-order chi connectivity index (χ0) is 13.4. The molecule has 1 amide bonds. The van der Waals surface area contributed by atoms with Crippen molar-refractivity contribution in [3.05, 3.63) is 16.1 Å². The number of fused-ring (bicyclic) bond motifs is 2. The maximum absolute atomic E-state index is 12.2. The van der Waals surface area contributed by atoms with E-state index in [2.05, 4.69) is 15.7 Å². The van der Waals surface area contributed by atoms with Crippen LogP contribution in [-0.2, 0) is 11.2 Å². The highest BCUT2D eigenvalue weighted by molar-refractivity contribution is 7.09. The number of nitrogens with zero attached hydrogens (tertiary/aromatic N) is 1. The number of nitrogens with two attached hydrogens (primary N) is 1. The molecular weight excluding hydrogens is 258 g/mol. The minimum atomic E-state index is 0.0518. The molecule has 3 N–H and O–H groups in total. The van der Waals surface area contributed by atoms with E-state index >= 15 is 0 Å². The van der Waals surface area contributed by atoms with Crippen molar-refractivity contribution in [3.8, 4) is 0 Å². The van der Waals surface area contributed by atoms with Gasteiger partial charge in [0, 0.05) is 24.4 Å². The number of aryl methyl sites for hydroxylation is 1. The predicted molar refractivity (Wildman–Crippen MR) is 75.9 cm³/mol. The number of hydrogen-bond acceptors (Lipinski definition) is 4. The molecule has 4 unspecified atom stereocenters. The molecule has 2 bridgehead atoms. The van der Waals surface area contributed by atoms with Crippen molar-refractivity contribution in [3.63, 3.8) is 0 Å². The first-order valence-electron chi connectivity index (χ1n) is 7.09. The first-order valence-corrected chi connectivity index (χ1v) is 7.97. The van der Waals surface area contributed by atoms with E-state index in [4.69, 9.17) is 5.73 Å². The monoisotopic (exact) mass is 279 g/mol. The third-order valence-corrected chi connectivity index (χ3v) is 5.45. The first-order chi connectivity index (χ1) is 9.15. The Morgan fingerprint density at radius 2 is 2.32 bits per heavy atom. The molecule has 3 rings (SSSR count). The van der Waals surface area contributed by atoms with Crippen molar-refractivity contribution in [1.29, 1.82) is 0 Å². The van der Waals surface area contributed by atoms with E-state index in [9.17, 15) is 4.79 Å². The van der Waals surface area contributed by atoms with Gasteiger partial charge in [0.2, 0.25) is 5.91 Å². The van der Waals surface area contributed by atoms with Gasteiger partial charge >= 0.3 is 0 Å². The number of aromatic nitrogens is 1. The summed E-state index contributed by atoms with van der Waals surface area (Å²) in [6.07, 6.45) is 4.37. The van der Waals surface area contributed by atoms with Gasteiger partial charge in [-0.25, -0.2) is 4.98 Å². The van der Waals surface area contributed by atoms with Crippen molar-refractivity contribution in [1.82, 2.24) is 10.3 Å². The fraction of sp³-hybridized carbons (Fsp3) is 0.714. The molecule has 4 atom stereocenters. The Kier molecular flexibility index (Phi) is 3.58. The summed E-state index contributed by atoms with van der Waals surface area (Å²) in [5.74, 6) is 1.33. The Hall–Kier alpha value is -0.940. The van der Waals surface area contributed by atoms with Crippen molar-refractivity contribution >= 4 is 17.2 Å². The van der Waals surface area contributed by atoms with Crippen LogP contribution in [0.1, 0.15) is 30.0 Å². The number of thiazole rings is 1. The van der Waals surface area contributed by atoms with E-state index in [-0.39, 0.29) is 17.9 Å². The fourth-order valence-corrected chi connectivity index (χ4v) is 4.33. The molecule has 1 aromatic heterocycles. The summed E-state index contributed by atoms with van der Waals surface area (Å²) in [4.78, 5) is 16.6. The fourth-order valence-electron chi connectivity index (χ4n) is 3.68. The van der Waals surface area contributed by atoms with Crippen molar-refractivity contribution in [2.45, 2.75) is 38.6 Å². The summed E-state index contributed by atoms with van der Waals surface area (Å²) in [7, 11) is 0. The second-order valence-electron chi connectivity index (χ2n) is 5.84. The third kappa shape index (κ3) is 2.54. The van der Waals surface area contributed by atoms with Crippen LogP contribution in [0.5, 0.6) is 0 Å². The maximum Gasteiger partial charge on any atom is 0.224 e. The number of carbonyl (C=O) groups excluding carboxylic acids is 1. The van der Waals surface area contributed by atoms with Crippen LogP contribution in [0.2, 0.25) is 0 Å². The summed E-state index contributed by atoms with van der Waals surface area (Å²) >= 11 is 1.65. The summed E-state index contributed by atoms with van der Waals surface area (Å²) in [6, 6.07) is 0.0836. The van der Waals surface area contributed by atoms with Crippen LogP contribution < -0.4 is 11.1 Å². The van der Waals surface area contributed by atoms with Crippen molar-refractivity contribution in [2.75, 3.05) is 6.54 Å². The van der Waals surface area contributed by atoms with Crippen molar-refractivity contribution in [2.24, 2.45) is 23.5 Å². The van der Waals surface area contributed by atoms with E-state index in [0.717, 1.165) is 23.5 Å². The van der Waals surface area contributed by atoms with Crippen LogP contribution in [0.4, 0.5) is 0 Å². The number of hydrogen-bond donors (Lipinski definition) is 2. The van der Waals surface area contributed by atoms with Gasteiger partial charge in [-0.15, -0.1) is 11.3 Å². The normalized spacial score (nSPS) is 32.7. The zero-order valence-electron chi connectivity index (χ0n) is 11.3. The Labute approximate surface area is 117 Å². The smallest absolute Gasteiger partial charge is 0.224 e. The Balaban J connectivity index is 1.49. The Morgan fingerprint density at radius 1 is 1.53 bits per heavy atom. The minimum Gasteiger partial charge on any atom is -0.355 e. The third-order valence-electron chi connectivity index (χ3n) is 4.63. The van der Waals surface area contributed by atoms with E-state index in [1.54, 1.807) is 11.3 Å². The first kappa shape index (κ1) is 13.1. The Morgan fingerprint density at radius 3 is 2.95 bits per heavy atom. The summed E-state index contributed by atoms with van der Waals surface area (Å²) in [5, 5.41) is 6.18. The minimum absolute atomic E-state index is 0.0518. The SMILES string of the molecule is Cc1nc(CCNC(=O)C2C3CCC(C3)C2N)cs1. The average Bonchev–Trinajstić information content (AvgIpc) is 3.05. The lowest BCUT2D eigenvalue weighted by Crippen LogP contribution is -2.45. The maximum atomic E-state index is 12.2. The summed E-state index contributed by atoms with van der Waals surface area (Å²) in [6.45, 7) is 2.67. The van der Waals surface area contributed by atoms with Crippen LogP contribution in [-0.4, -0.2) is 23.5 Å². The molecule has 1 heterocycles. The number of carbonyl (C=O) groups is 1. The lowest BCUT2D eigenvalue weighted by Gasteiger charge is -2.26. The molecule has 0 spiro atoms. The van der Waals surface area contributed by atoms with Gasteiger partial charge in [0.05, 0.1) is 16.6 Å². The van der Waals surface area contributed by atoms with E-state index < -0.39 is 0 Å². The molecule has 4 nitrogen and oxygen atoms in total. The van der Waals surface area contributed by atoms with Crippen molar-refractivity contribution < 1.29 is 4.79 Å². The highest BCUT2D eigenvalue weighted by Gasteiger charge is 2.48. The zero-order valence-corrected chi connectivity index (χ0v) is 12.1. The molecule has 0 saturated heterocycles. The molecular formula is C14H21N3OS. The predicted octanol–water partition coefficient (Wildman–Crippen LogP) is 1.48. The standard InChI is InChI=1S/C14H21N3OS/c1-8-17-11(7-19-8)4-5-16-14(18)12-9-2-3-10(6-9)13(12)15/h7,9-10,12-13H,2-6,15H2,1H3,(H,16,18). The molecule has 0 radical (unpaired) electrons. The molecule has 5 heteroatoms. The molecule has 2 fully saturated rings. The molecule has 1 aromatic rings. The summed E-state index contributed by atoms with van der Waals surface area (Å²) in [5.41, 5.74) is 7.25. The van der Waals surface area contributed by atoms with Gasteiger partial charge in [0.25, 0.3) is 0 Å². The van der Waals surface area contributed by atoms with Crippen LogP contribution in [0.3, 0.4) is 0 Å². The molecule has 0 aromatic carbocycles. The van der Waals surface area contributed by atoms with Crippen LogP contribution in [0.25, 0.3) is 0 Å². The van der Waals surface area contributed by atoms with Gasteiger partial charge in [0.1, 0.15) is 0 Å².